The highest BCUT2D eigenvalue weighted by molar-refractivity contribution is 9.10. The topological polar surface area (TPSA) is 50.3 Å². The molecule has 106 valence electrons. The van der Waals surface area contributed by atoms with E-state index in [1.807, 2.05) is 18.2 Å². The minimum Gasteiger partial charge on any atom is -0.379 e. The lowest BCUT2D eigenvalue weighted by atomic mass is 10.2. The Bertz CT molecular complexity index is 586. The van der Waals surface area contributed by atoms with E-state index in [0.717, 1.165) is 60.6 Å². The van der Waals surface area contributed by atoms with E-state index in [1.165, 1.54) is 0 Å². The minimum atomic E-state index is 0.837. The van der Waals surface area contributed by atoms with Gasteiger partial charge in [-0.2, -0.15) is 0 Å². The van der Waals surface area contributed by atoms with E-state index in [-0.39, 0.29) is 0 Å². The lowest BCUT2D eigenvalue weighted by Gasteiger charge is -2.26. The van der Waals surface area contributed by atoms with Gasteiger partial charge in [0, 0.05) is 36.0 Å². The maximum absolute atomic E-state index is 5.35. The molecule has 1 aromatic heterocycles. The summed E-state index contributed by atoms with van der Waals surface area (Å²) < 4.78 is 6.39. The van der Waals surface area contributed by atoms with Crippen LogP contribution in [-0.4, -0.2) is 54.3 Å². The molecule has 0 saturated carbocycles. The third kappa shape index (κ3) is 3.26. The van der Waals surface area contributed by atoms with Crippen LogP contribution in [0, 0.1) is 0 Å². The predicted octanol–water partition coefficient (Wildman–Crippen LogP) is 2.14. The highest BCUT2D eigenvalue weighted by Gasteiger charge is 2.10. The van der Waals surface area contributed by atoms with Gasteiger partial charge in [-0.15, -0.1) is 0 Å². The molecule has 2 heterocycles. The average molecular weight is 337 g/mol. The average Bonchev–Trinajstić information content (AvgIpc) is 2.49. The van der Waals surface area contributed by atoms with Gasteiger partial charge in [0.25, 0.3) is 0 Å². The van der Waals surface area contributed by atoms with Gasteiger partial charge in [-0.25, -0.2) is 9.97 Å². The van der Waals surface area contributed by atoms with E-state index >= 15 is 0 Å². The molecule has 20 heavy (non-hydrogen) atoms. The van der Waals surface area contributed by atoms with E-state index < -0.39 is 0 Å². The smallest absolute Gasteiger partial charge is 0.137 e. The maximum Gasteiger partial charge on any atom is 0.137 e. The molecule has 2 aromatic rings. The van der Waals surface area contributed by atoms with E-state index in [0.29, 0.717) is 0 Å². The number of ether oxygens (including phenoxy) is 1. The number of anilines is 1. The fourth-order valence-electron chi connectivity index (χ4n) is 2.33. The lowest BCUT2D eigenvalue weighted by molar-refractivity contribution is 0.0398. The molecular weight excluding hydrogens is 320 g/mol. The van der Waals surface area contributed by atoms with E-state index in [2.05, 4.69) is 36.1 Å². The Balaban J connectivity index is 1.66. The predicted molar refractivity (Wildman–Crippen MR) is 83.0 cm³/mol. The van der Waals surface area contributed by atoms with Gasteiger partial charge in [0.2, 0.25) is 0 Å². The Morgan fingerprint density at radius 2 is 2.10 bits per heavy atom. The number of halogens is 1. The molecule has 1 N–H and O–H groups in total. The van der Waals surface area contributed by atoms with Gasteiger partial charge in [0.05, 0.1) is 18.7 Å². The molecule has 0 amide bonds. The van der Waals surface area contributed by atoms with Crippen LogP contribution in [0.3, 0.4) is 0 Å². The summed E-state index contributed by atoms with van der Waals surface area (Å²) in [6.45, 7) is 5.57. The van der Waals surface area contributed by atoms with E-state index in [9.17, 15) is 0 Å². The zero-order valence-electron chi connectivity index (χ0n) is 11.2. The highest BCUT2D eigenvalue weighted by atomic mass is 79.9. The summed E-state index contributed by atoms with van der Waals surface area (Å²) in [5.74, 6) is 0.893. The molecule has 5 nitrogen and oxygen atoms in total. The van der Waals surface area contributed by atoms with E-state index in [1.54, 1.807) is 6.33 Å². The summed E-state index contributed by atoms with van der Waals surface area (Å²) in [4.78, 5) is 11.0. The van der Waals surface area contributed by atoms with Crippen molar-refractivity contribution in [1.29, 1.82) is 0 Å². The highest BCUT2D eigenvalue weighted by Crippen LogP contribution is 2.23. The van der Waals surface area contributed by atoms with Crippen molar-refractivity contribution in [2.45, 2.75) is 0 Å². The number of aromatic nitrogens is 2. The number of benzene rings is 1. The Morgan fingerprint density at radius 3 is 2.95 bits per heavy atom. The standard InChI is InChI=1S/C14H17BrN4O/c15-11-1-2-13-12(9-11)14(18-10-17-13)16-3-4-19-5-7-20-8-6-19/h1-2,9-10H,3-8H2,(H,16,17,18). The van der Waals surface area contributed by atoms with Gasteiger partial charge >= 0.3 is 0 Å². The summed E-state index contributed by atoms with van der Waals surface area (Å²) in [6, 6.07) is 6.04. The van der Waals surface area contributed by atoms with Crippen molar-refractivity contribution in [3.8, 4) is 0 Å². The molecule has 1 saturated heterocycles. The van der Waals surface area contributed by atoms with Crippen LogP contribution in [0.15, 0.2) is 29.0 Å². The molecule has 1 aliphatic heterocycles. The van der Waals surface area contributed by atoms with Gasteiger partial charge in [-0.1, -0.05) is 15.9 Å². The molecular formula is C14H17BrN4O. The second-order valence-electron chi connectivity index (χ2n) is 4.76. The molecule has 1 aromatic carbocycles. The van der Waals surface area contributed by atoms with Crippen LogP contribution >= 0.6 is 15.9 Å². The van der Waals surface area contributed by atoms with Crippen LogP contribution in [0.4, 0.5) is 5.82 Å². The second-order valence-corrected chi connectivity index (χ2v) is 5.68. The number of fused-ring (bicyclic) bond motifs is 1. The Labute approximate surface area is 126 Å². The van der Waals surface area contributed by atoms with Gasteiger partial charge in [0.15, 0.2) is 0 Å². The molecule has 1 aliphatic rings. The van der Waals surface area contributed by atoms with Crippen molar-refractivity contribution in [3.63, 3.8) is 0 Å². The molecule has 0 atom stereocenters. The summed E-state index contributed by atoms with van der Waals surface area (Å²) in [5.41, 5.74) is 0.956. The zero-order chi connectivity index (χ0) is 13.8. The Hall–Kier alpha value is -1.24. The fourth-order valence-corrected chi connectivity index (χ4v) is 2.69. The number of rotatable bonds is 4. The number of morpholine rings is 1. The van der Waals surface area contributed by atoms with Crippen molar-refractivity contribution in [2.24, 2.45) is 0 Å². The van der Waals surface area contributed by atoms with Crippen molar-refractivity contribution < 1.29 is 4.74 Å². The number of nitrogens with zero attached hydrogens (tertiary/aromatic N) is 3. The maximum atomic E-state index is 5.35. The first-order valence-electron chi connectivity index (χ1n) is 6.77. The van der Waals surface area contributed by atoms with Crippen molar-refractivity contribution in [1.82, 2.24) is 14.9 Å². The van der Waals surface area contributed by atoms with Gasteiger partial charge < -0.3 is 10.1 Å². The number of hydrogen-bond donors (Lipinski definition) is 1. The third-order valence-electron chi connectivity index (χ3n) is 3.42. The normalized spacial score (nSPS) is 16.4. The summed E-state index contributed by atoms with van der Waals surface area (Å²) in [6.07, 6.45) is 1.60. The van der Waals surface area contributed by atoms with Gasteiger partial charge in [-0.3, -0.25) is 4.90 Å². The molecule has 3 rings (SSSR count). The Kier molecular flexibility index (Phi) is 4.44. The van der Waals surface area contributed by atoms with Crippen LogP contribution in [0.1, 0.15) is 0 Å². The number of nitrogens with one attached hydrogen (secondary N) is 1. The van der Waals surface area contributed by atoms with Crippen LogP contribution in [0.5, 0.6) is 0 Å². The Morgan fingerprint density at radius 1 is 1.25 bits per heavy atom. The first-order valence-corrected chi connectivity index (χ1v) is 7.56. The molecule has 0 aliphatic carbocycles. The molecule has 0 bridgehead atoms. The molecule has 0 radical (unpaired) electrons. The fraction of sp³-hybridized carbons (Fsp3) is 0.429. The first-order chi connectivity index (χ1) is 9.83. The van der Waals surface area contributed by atoms with Crippen LogP contribution in [0.25, 0.3) is 10.9 Å². The van der Waals surface area contributed by atoms with Gasteiger partial charge in [-0.05, 0) is 18.2 Å². The van der Waals surface area contributed by atoms with Crippen molar-refractivity contribution in [2.75, 3.05) is 44.7 Å². The summed E-state index contributed by atoms with van der Waals surface area (Å²) in [7, 11) is 0. The molecule has 0 unspecified atom stereocenters. The van der Waals surface area contributed by atoms with Crippen LogP contribution < -0.4 is 5.32 Å². The molecule has 0 spiro atoms. The monoisotopic (exact) mass is 336 g/mol. The summed E-state index contributed by atoms with van der Waals surface area (Å²) >= 11 is 3.49. The van der Waals surface area contributed by atoms with Crippen LogP contribution in [0.2, 0.25) is 0 Å². The largest absolute Gasteiger partial charge is 0.379 e. The SMILES string of the molecule is Brc1ccc2ncnc(NCCN3CCOCC3)c2c1. The molecule has 6 heteroatoms. The number of hydrogen-bond acceptors (Lipinski definition) is 5. The second kappa shape index (κ2) is 6.47. The minimum absolute atomic E-state index is 0.837. The zero-order valence-corrected chi connectivity index (χ0v) is 12.8. The van der Waals surface area contributed by atoms with Crippen molar-refractivity contribution in [3.05, 3.63) is 29.0 Å². The first kappa shape index (κ1) is 13.7. The quantitative estimate of drug-likeness (QED) is 0.926. The lowest BCUT2D eigenvalue weighted by Crippen LogP contribution is -2.39. The third-order valence-corrected chi connectivity index (χ3v) is 3.91. The van der Waals surface area contributed by atoms with Crippen molar-refractivity contribution >= 4 is 32.7 Å². The van der Waals surface area contributed by atoms with E-state index in [4.69, 9.17) is 4.74 Å². The summed E-state index contributed by atoms with van der Waals surface area (Å²) in [5, 5.41) is 4.45. The van der Waals surface area contributed by atoms with Crippen LogP contribution in [-0.2, 0) is 4.74 Å². The van der Waals surface area contributed by atoms with Gasteiger partial charge in [0.1, 0.15) is 12.1 Å². The molecule has 1 fully saturated rings.